The summed E-state index contributed by atoms with van der Waals surface area (Å²) in [5.74, 6) is 0.366. The lowest BCUT2D eigenvalue weighted by atomic mass is 9.85. The molecule has 5 nitrogen and oxygen atoms in total. The molecule has 0 radical (unpaired) electrons. The maximum atomic E-state index is 13.2. The third kappa shape index (κ3) is 7.02. The number of carbonyl (C=O) groups is 2. The first kappa shape index (κ1) is 22.0. The lowest BCUT2D eigenvalue weighted by Gasteiger charge is -2.34. The van der Waals surface area contributed by atoms with Gasteiger partial charge in [0.25, 0.3) is 0 Å². The Balaban J connectivity index is 2.19. The normalized spacial score (nSPS) is 22.6. The van der Waals surface area contributed by atoms with Gasteiger partial charge >= 0.3 is 0 Å². The predicted octanol–water partition coefficient (Wildman–Crippen LogP) is 3.31. The third-order valence-corrected chi connectivity index (χ3v) is 5.28. The highest BCUT2D eigenvalue weighted by atomic mass is 16.2. The number of benzene rings is 1. The highest BCUT2D eigenvalue weighted by Crippen LogP contribution is 2.23. The van der Waals surface area contributed by atoms with E-state index in [1.54, 1.807) is 0 Å². The molecule has 1 unspecified atom stereocenters. The molecule has 1 aromatic carbocycles. The SMILES string of the molecule is C/C1=C/CC(=O)NC(CCc2ccccc2)(C(=O)NCCC(C)C)CCCN1. The van der Waals surface area contributed by atoms with Crippen LogP contribution in [0.5, 0.6) is 0 Å². The second kappa shape index (κ2) is 10.9. The second-order valence-corrected chi connectivity index (χ2v) is 8.18. The summed E-state index contributed by atoms with van der Waals surface area (Å²) in [6, 6.07) is 10.1. The zero-order valence-electron chi connectivity index (χ0n) is 17.5. The molecule has 1 atom stereocenters. The maximum Gasteiger partial charge on any atom is 0.245 e. The Labute approximate surface area is 169 Å². The Morgan fingerprint density at radius 1 is 1.25 bits per heavy atom. The van der Waals surface area contributed by atoms with Crippen molar-refractivity contribution in [3.05, 3.63) is 47.7 Å². The number of aryl methyl sites for hydroxylation is 1. The van der Waals surface area contributed by atoms with Crippen molar-refractivity contribution in [3.63, 3.8) is 0 Å². The molecule has 1 aromatic rings. The van der Waals surface area contributed by atoms with Gasteiger partial charge in [0.2, 0.25) is 11.8 Å². The van der Waals surface area contributed by atoms with Crippen molar-refractivity contribution in [1.29, 1.82) is 0 Å². The summed E-state index contributed by atoms with van der Waals surface area (Å²) in [5, 5.41) is 9.52. The zero-order valence-corrected chi connectivity index (χ0v) is 17.5. The Hall–Kier alpha value is -2.30. The van der Waals surface area contributed by atoms with Crippen LogP contribution in [0.4, 0.5) is 0 Å². The topological polar surface area (TPSA) is 70.2 Å². The van der Waals surface area contributed by atoms with Gasteiger partial charge in [-0.1, -0.05) is 50.3 Å². The predicted molar refractivity (Wildman–Crippen MR) is 114 cm³/mol. The van der Waals surface area contributed by atoms with Crippen molar-refractivity contribution in [2.24, 2.45) is 5.92 Å². The van der Waals surface area contributed by atoms with E-state index < -0.39 is 5.54 Å². The van der Waals surface area contributed by atoms with Crippen LogP contribution in [0.3, 0.4) is 0 Å². The summed E-state index contributed by atoms with van der Waals surface area (Å²) in [6.45, 7) is 7.68. The van der Waals surface area contributed by atoms with Gasteiger partial charge in [0.15, 0.2) is 0 Å². The van der Waals surface area contributed by atoms with Crippen LogP contribution >= 0.6 is 0 Å². The molecule has 0 saturated carbocycles. The van der Waals surface area contributed by atoms with E-state index in [1.807, 2.05) is 31.2 Å². The lowest BCUT2D eigenvalue weighted by Crippen LogP contribution is -2.59. The lowest BCUT2D eigenvalue weighted by molar-refractivity contribution is -0.134. The second-order valence-electron chi connectivity index (χ2n) is 8.18. The molecule has 1 aliphatic heterocycles. The van der Waals surface area contributed by atoms with Crippen LogP contribution < -0.4 is 16.0 Å². The number of hydrogen-bond donors (Lipinski definition) is 3. The molecule has 5 heteroatoms. The summed E-state index contributed by atoms with van der Waals surface area (Å²) in [6.07, 6.45) is 5.89. The van der Waals surface area contributed by atoms with Gasteiger partial charge in [-0.15, -0.1) is 0 Å². The molecule has 0 spiro atoms. The Morgan fingerprint density at radius 2 is 2.00 bits per heavy atom. The van der Waals surface area contributed by atoms with Gasteiger partial charge in [-0.05, 0) is 50.5 Å². The molecule has 2 amide bonds. The average molecular weight is 386 g/mol. The monoisotopic (exact) mass is 385 g/mol. The number of carbonyl (C=O) groups excluding carboxylic acids is 2. The van der Waals surface area contributed by atoms with Crippen LogP contribution in [-0.2, 0) is 16.0 Å². The van der Waals surface area contributed by atoms with Crippen molar-refractivity contribution in [2.45, 2.75) is 64.8 Å². The van der Waals surface area contributed by atoms with Crippen LogP contribution in [0.25, 0.3) is 0 Å². The quantitative estimate of drug-likeness (QED) is 0.674. The van der Waals surface area contributed by atoms with Crippen molar-refractivity contribution < 1.29 is 9.59 Å². The summed E-state index contributed by atoms with van der Waals surface area (Å²) in [4.78, 5) is 25.8. The van der Waals surface area contributed by atoms with E-state index in [0.29, 0.717) is 25.3 Å². The Kier molecular flexibility index (Phi) is 8.55. The molecular weight excluding hydrogens is 350 g/mol. The molecule has 0 bridgehead atoms. The van der Waals surface area contributed by atoms with Gasteiger partial charge < -0.3 is 16.0 Å². The first-order valence-electron chi connectivity index (χ1n) is 10.5. The minimum absolute atomic E-state index is 0.0568. The van der Waals surface area contributed by atoms with Gasteiger partial charge in [0, 0.05) is 25.2 Å². The summed E-state index contributed by atoms with van der Waals surface area (Å²) in [5.41, 5.74) is 1.32. The van der Waals surface area contributed by atoms with Crippen molar-refractivity contribution in [1.82, 2.24) is 16.0 Å². The molecule has 2 rings (SSSR count). The number of amides is 2. The summed E-state index contributed by atoms with van der Waals surface area (Å²) in [7, 11) is 0. The molecule has 3 N–H and O–H groups in total. The van der Waals surface area contributed by atoms with Gasteiger partial charge in [0.05, 0.1) is 0 Å². The van der Waals surface area contributed by atoms with Crippen LogP contribution in [0.1, 0.15) is 58.4 Å². The summed E-state index contributed by atoms with van der Waals surface area (Å²) >= 11 is 0. The molecule has 154 valence electrons. The van der Waals surface area contributed by atoms with Crippen LogP contribution in [0.15, 0.2) is 42.1 Å². The molecule has 0 aliphatic carbocycles. The molecule has 1 aliphatic rings. The van der Waals surface area contributed by atoms with Crippen molar-refractivity contribution >= 4 is 11.8 Å². The van der Waals surface area contributed by atoms with E-state index >= 15 is 0 Å². The Morgan fingerprint density at radius 3 is 2.71 bits per heavy atom. The van der Waals surface area contributed by atoms with E-state index in [1.165, 1.54) is 5.56 Å². The fourth-order valence-corrected chi connectivity index (χ4v) is 3.49. The molecule has 0 aromatic heterocycles. The van der Waals surface area contributed by atoms with Crippen molar-refractivity contribution in [3.8, 4) is 0 Å². The number of nitrogens with one attached hydrogen (secondary N) is 3. The van der Waals surface area contributed by atoms with Crippen LogP contribution in [0.2, 0.25) is 0 Å². The number of hydrogen-bond acceptors (Lipinski definition) is 3. The van der Waals surface area contributed by atoms with Gasteiger partial charge in [-0.2, -0.15) is 0 Å². The highest BCUT2D eigenvalue weighted by Gasteiger charge is 2.38. The van der Waals surface area contributed by atoms with E-state index in [-0.39, 0.29) is 18.2 Å². The van der Waals surface area contributed by atoms with Crippen LogP contribution in [0, 0.1) is 5.92 Å². The number of allylic oxidation sites excluding steroid dienone is 1. The standard InChI is InChI=1S/C23H35N3O2/c1-18(2)13-17-25-22(28)23(15-12-20-8-5-4-6-9-20)14-7-16-24-19(3)10-11-21(27)26-23/h4-6,8-10,18,24H,7,11-17H2,1-3H3,(H,25,28)(H,26,27)/b19-10-. The average Bonchev–Trinajstić information content (AvgIpc) is 2.67. The third-order valence-electron chi connectivity index (χ3n) is 5.28. The minimum atomic E-state index is -0.870. The van der Waals surface area contributed by atoms with Crippen molar-refractivity contribution in [2.75, 3.05) is 13.1 Å². The summed E-state index contributed by atoms with van der Waals surface area (Å²) < 4.78 is 0. The van der Waals surface area contributed by atoms with E-state index in [2.05, 4.69) is 41.9 Å². The molecule has 0 saturated heterocycles. The zero-order chi connectivity index (χ0) is 20.4. The van der Waals surface area contributed by atoms with Gasteiger partial charge in [-0.3, -0.25) is 9.59 Å². The first-order chi connectivity index (χ1) is 13.4. The van der Waals surface area contributed by atoms with Crippen LogP contribution in [-0.4, -0.2) is 30.4 Å². The largest absolute Gasteiger partial charge is 0.389 e. The fourth-order valence-electron chi connectivity index (χ4n) is 3.49. The van der Waals surface area contributed by atoms with E-state index in [4.69, 9.17) is 0 Å². The fraction of sp³-hybridized carbons (Fsp3) is 0.565. The van der Waals surface area contributed by atoms with E-state index in [9.17, 15) is 9.59 Å². The van der Waals surface area contributed by atoms with Gasteiger partial charge in [0.1, 0.15) is 5.54 Å². The van der Waals surface area contributed by atoms with Gasteiger partial charge in [-0.25, -0.2) is 0 Å². The molecular formula is C23H35N3O2. The molecule has 28 heavy (non-hydrogen) atoms. The van der Waals surface area contributed by atoms with E-state index in [0.717, 1.165) is 31.5 Å². The highest BCUT2D eigenvalue weighted by molar-refractivity contribution is 5.91. The number of rotatable bonds is 7. The molecule has 1 heterocycles. The molecule has 0 fully saturated rings. The smallest absolute Gasteiger partial charge is 0.245 e. The Bertz CT molecular complexity index is 670. The maximum absolute atomic E-state index is 13.2. The minimum Gasteiger partial charge on any atom is -0.389 e. The first-order valence-corrected chi connectivity index (χ1v) is 10.5.